The van der Waals surface area contributed by atoms with Gasteiger partial charge in [0.05, 0.1) is 26.5 Å². The fraction of sp³-hybridized carbons (Fsp3) is 0.583. The molecule has 1 amide bonds. The molecule has 1 rings (SSSR count). The lowest BCUT2D eigenvalue weighted by molar-refractivity contribution is -0.140. The van der Waals surface area contributed by atoms with E-state index in [2.05, 4.69) is 9.72 Å². The van der Waals surface area contributed by atoms with Crippen molar-refractivity contribution in [3.8, 4) is 0 Å². The molecule has 0 fully saturated rings. The lowest BCUT2D eigenvalue weighted by Crippen LogP contribution is -2.36. The molecule has 1 heterocycles. The van der Waals surface area contributed by atoms with Crippen molar-refractivity contribution < 1.29 is 19.1 Å². The van der Waals surface area contributed by atoms with Crippen molar-refractivity contribution >= 4 is 11.9 Å². The van der Waals surface area contributed by atoms with Gasteiger partial charge in [-0.25, -0.2) is 4.98 Å². The van der Waals surface area contributed by atoms with Crippen molar-refractivity contribution in [2.45, 2.75) is 6.42 Å². The normalized spacial score (nSPS) is 10.3. The second kappa shape index (κ2) is 7.52. The number of nitrogens with zero attached hydrogens (tertiary/aromatic N) is 3. The largest absolute Gasteiger partial charge is 0.469 e. The fourth-order valence-corrected chi connectivity index (χ4v) is 1.53. The Hall–Kier alpha value is -1.89. The number of carbonyl (C=O) groups excluding carboxylic acids is 2. The SMILES string of the molecule is COCCN(CCC(=O)OC)C(=O)c1cn(C)cn1. The summed E-state index contributed by atoms with van der Waals surface area (Å²) in [4.78, 5) is 28.9. The van der Waals surface area contributed by atoms with Gasteiger partial charge in [-0.3, -0.25) is 9.59 Å². The van der Waals surface area contributed by atoms with Gasteiger partial charge in [-0.05, 0) is 0 Å². The number of amides is 1. The monoisotopic (exact) mass is 269 g/mol. The van der Waals surface area contributed by atoms with Gasteiger partial charge >= 0.3 is 5.97 Å². The second-order valence-electron chi connectivity index (χ2n) is 4.04. The predicted molar refractivity (Wildman–Crippen MR) is 67.6 cm³/mol. The van der Waals surface area contributed by atoms with Crippen LogP contribution in [0.25, 0.3) is 0 Å². The van der Waals surface area contributed by atoms with Crippen LogP contribution in [-0.2, 0) is 21.3 Å². The predicted octanol–water partition coefficient (Wildman–Crippen LogP) is 0.0718. The van der Waals surface area contributed by atoms with E-state index in [-0.39, 0.29) is 24.8 Å². The van der Waals surface area contributed by atoms with Crippen LogP contribution in [-0.4, -0.2) is 60.2 Å². The number of aromatic nitrogens is 2. The van der Waals surface area contributed by atoms with E-state index in [4.69, 9.17) is 4.74 Å². The summed E-state index contributed by atoms with van der Waals surface area (Å²) in [5.41, 5.74) is 0.350. The minimum atomic E-state index is -0.351. The minimum absolute atomic E-state index is 0.152. The van der Waals surface area contributed by atoms with Crippen molar-refractivity contribution in [2.75, 3.05) is 33.9 Å². The van der Waals surface area contributed by atoms with Crippen LogP contribution < -0.4 is 0 Å². The number of hydrogen-bond acceptors (Lipinski definition) is 5. The Labute approximate surface area is 112 Å². The van der Waals surface area contributed by atoms with Gasteiger partial charge in [0.15, 0.2) is 0 Å². The summed E-state index contributed by atoms with van der Waals surface area (Å²) < 4.78 is 11.2. The van der Waals surface area contributed by atoms with E-state index >= 15 is 0 Å². The molecule has 0 N–H and O–H groups in total. The van der Waals surface area contributed by atoms with Crippen LogP contribution in [0.1, 0.15) is 16.9 Å². The van der Waals surface area contributed by atoms with E-state index in [1.807, 2.05) is 0 Å². The Morgan fingerprint density at radius 3 is 2.63 bits per heavy atom. The molecule has 0 bridgehead atoms. The van der Waals surface area contributed by atoms with Gasteiger partial charge in [0.1, 0.15) is 5.69 Å². The number of rotatable bonds is 7. The van der Waals surface area contributed by atoms with E-state index in [0.717, 1.165) is 0 Å². The van der Waals surface area contributed by atoms with E-state index < -0.39 is 0 Å². The molecule has 0 saturated heterocycles. The molecule has 106 valence electrons. The highest BCUT2D eigenvalue weighted by Crippen LogP contribution is 2.03. The first kappa shape index (κ1) is 15.2. The summed E-state index contributed by atoms with van der Waals surface area (Å²) in [5.74, 6) is -0.571. The van der Waals surface area contributed by atoms with E-state index in [1.165, 1.54) is 12.0 Å². The standard InChI is InChI=1S/C12H19N3O4/c1-14-8-10(13-9-14)12(17)15(6-7-18-2)5-4-11(16)19-3/h8-9H,4-7H2,1-3H3. The zero-order chi connectivity index (χ0) is 14.3. The van der Waals surface area contributed by atoms with Gasteiger partial charge in [0.2, 0.25) is 0 Å². The molecule has 0 saturated carbocycles. The van der Waals surface area contributed by atoms with Crippen LogP contribution in [0, 0.1) is 0 Å². The van der Waals surface area contributed by atoms with Gasteiger partial charge in [-0.2, -0.15) is 0 Å². The molecular formula is C12H19N3O4. The molecule has 7 nitrogen and oxygen atoms in total. The molecule has 0 aliphatic rings. The summed E-state index contributed by atoms with van der Waals surface area (Å²) in [6.07, 6.45) is 3.35. The molecule has 7 heteroatoms. The van der Waals surface area contributed by atoms with Crippen molar-refractivity contribution in [1.29, 1.82) is 0 Å². The molecule has 0 atom stereocenters. The lowest BCUT2D eigenvalue weighted by Gasteiger charge is -2.20. The van der Waals surface area contributed by atoms with Crippen LogP contribution in [0.4, 0.5) is 0 Å². The van der Waals surface area contributed by atoms with Crippen molar-refractivity contribution in [1.82, 2.24) is 14.5 Å². The first-order chi connectivity index (χ1) is 9.08. The average molecular weight is 269 g/mol. The summed E-state index contributed by atoms with van der Waals surface area (Å²) >= 11 is 0. The summed E-state index contributed by atoms with van der Waals surface area (Å²) in [6, 6.07) is 0. The first-order valence-corrected chi connectivity index (χ1v) is 5.91. The molecule has 1 aromatic heterocycles. The molecule has 0 radical (unpaired) electrons. The highest BCUT2D eigenvalue weighted by Gasteiger charge is 2.18. The smallest absolute Gasteiger partial charge is 0.307 e. The number of ether oxygens (including phenoxy) is 2. The van der Waals surface area contributed by atoms with Gasteiger partial charge in [-0.1, -0.05) is 0 Å². The average Bonchev–Trinajstić information content (AvgIpc) is 2.84. The zero-order valence-corrected chi connectivity index (χ0v) is 11.5. The Morgan fingerprint density at radius 2 is 2.11 bits per heavy atom. The maximum atomic E-state index is 12.2. The highest BCUT2D eigenvalue weighted by molar-refractivity contribution is 5.92. The van der Waals surface area contributed by atoms with Gasteiger partial charge in [0.25, 0.3) is 5.91 Å². The fourth-order valence-electron chi connectivity index (χ4n) is 1.53. The van der Waals surface area contributed by atoms with Crippen molar-refractivity contribution in [3.63, 3.8) is 0 Å². The first-order valence-electron chi connectivity index (χ1n) is 5.91. The van der Waals surface area contributed by atoms with Crippen LogP contribution >= 0.6 is 0 Å². The number of methoxy groups -OCH3 is 2. The van der Waals surface area contributed by atoms with Crippen LogP contribution in [0.2, 0.25) is 0 Å². The number of hydrogen-bond donors (Lipinski definition) is 0. The van der Waals surface area contributed by atoms with Crippen molar-refractivity contribution in [2.24, 2.45) is 7.05 Å². The van der Waals surface area contributed by atoms with Crippen LogP contribution in [0.5, 0.6) is 0 Å². The highest BCUT2D eigenvalue weighted by atomic mass is 16.5. The van der Waals surface area contributed by atoms with E-state index in [1.54, 1.807) is 31.2 Å². The topological polar surface area (TPSA) is 73.7 Å². The van der Waals surface area contributed by atoms with E-state index in [0.29, 0.717) is 18.8 Å². The van der Waals surface area contributed by atoms with E-state index in [9.17, 15) is 9.59 Å². The third-order valence-electron chi connectivity index (χ3n) is 2.59. The Morgan fingerprint density at radius 1 is 1.37 bits per heavy atom. The quantitative estimate of drug-likeness (QED) is 0.655. The molecule has 0 unspecified atom stereocenters. The maximum Gasteiger partial charge on any atom is 0.307 e. The Bertz CT molecular complexity index is 430. The number of imidazole rings is 1. The van der Waals surface area contributed by atoms with Crippen LogP contribution in [0.15, 0.2) is 12.5 Å². The molecule has 19 heavy (non-hydrogen) atoms. The lowest BCUT2D eigenvalue weighted by atomic mass is 10.3. The molecular weight excluding hydrogens is 250 g/mol. The molecule has 0 aromatic carbocycles. The van der Waals surface area contributed by atoms with Crippen molar-refractivity contribution in [3.05, 3.63) is 18.2 Å². The Kier molecular flexibility index (Phi) is 6.01. The number of carbonyl (C=O) groups is 2. The number of aryl methyl sites for hydroxylation is 1. The third kappa shape index (κ3) is 4.70. The summed E-state index contributed by atoms with van der Waals surface area (Å²) in [5, 5.41) is 0. The minimum Gasteiger partial charge on any atom is -0.469 e. The van der Waals surface area contributed by atoms with Gasteiger partial charge in [-0.15, -0.1) is 0 Å². The Balaban J connectivity index is 2.66. The molecule has 0 aliphatic carbocycles. The number of esters is 1. The zero-order valence-electron chi connectivity index (χ0n) is 11.5. The second-order valence-corrected chi connectivity index (χ2v) is 4.04. The molecule has 0 aliphatic heterocycles. The van der Waals surface area contributed by atoms with Crippen LogP contribution in [0.3, 0.4) is 0 Å². The maximum absolute atomic E-state index is 12.2. The summed E-state index contributed by atoms with van der Waals surface area (Å²) in [6.45, 7) is 1.09. The van der Waals surface area contributed by atoms with Gasteiger partial charge < -0.3 is 18.9 Å². The third-order valence-corrected chi connectivity index (χ3v) is 2.59. The molecule has 0 spiro atoms. The van der Waals surface area contributed by atoms with Gasteiger partial charge in [0, 0.05) is 33.4 Å². The summed E-state index contributed by atoms with van der Waals surface area (Å²) in [7, 11) is 4.67. The molecule has 1 aromatic rings.